The molecule has 6 atom stereocenters. The fourth-order valence-electron chi connectivity index (χ4n) is 7.18. The number of amides is 2. The number of fused-ring (bicyclic) bond motifs is 1. The van der Waals surface area contributed by atoms with E-state index in [4.69, 9.17) is 9.47 Å². The number of rotatable bonds is 18. The molecule has 0 aromatic rings. The van der Waals surface area contributed by atoms with Crippen LogP contribution in [0, 0.1) is 11.8 Å². The van der Waals surface area contributed by atoms with Gasteiger partial charge < -0.3 is 24.4 Å². The summed E-state index contributed by atoms with van der Waals surface area (Å²) in [5, 5.41) is 9.25. The fraction of sp³-hybridized carbons (Fsp3) is 0.774. The number of ether oxygens (including phenoxy) is 2. The Morgan fingerprint density at radius 3 is 2.59 bits per heavy atom. The minimum absolute atomic E-state index is 0.0163. The number of aliphatic hydroxyl groups is 1. The summed E-state index contributed by atoms with van der Waals surface area (Å²) in [5.41, 5.74) is -1.84. The predicted molar refractivity (Wildman–Crippen MR) is 151 cm³/mol. The van der Waals surface area contributed by atoms with Crippen LogP contribution in [-0.2, 0) is 23.9 Å². The molecule has 3 aliphatic heterocycles. The smallest absolute Gasteiger partial charge is 0.312 e. The molecule has 3 rings (SSSR count). The van der Waals surface area contributed by atoms with Crippen LogP contribution in [0.15, 0.2) is 25.3 Å². The van der Waals surface area contributed by atoms with E-state index in [-0.39, 0.29) is 30.4 Å². The van der Waals surface area contributed by atoms with Crippen molar-refractivity contribution >= 4 is 17.8 Å². The van der Waals surface area contributed by atoms with E-state index in [9.17, 15) is 19.5 Å². The lowest BCUT2D eigenvalue weighted by molar-refractivity contribution is -0.162. The highest BCUT2D eigenvalue weighted by atomic mass is 16.6. The molecule has 3 saturated heterocycles. The third kappa shape index (κ3) is 5.97. The van der Waals surface area contributed by atoms with Gasteiger partial charge in [0.05, 0.1) is 18.1 Å². The van der Waals surface area contributed by atoms with E-state index < -0.39 is 29.1 Å². The second-order valence-electron chi connectivity index (χ2n) is 11.5. The second kappa shape index (κ2) is 13.9. The average Bonchev–Trinajstić information content (AvgIpc) is 3.53. The lowest BCUT2D eigenvalue weighted by atomic mass is 9.65. The molecular formula is C31H50N2O6. The molecule has 3 heterocycles. The molecule has 220 valence electrons. The molecule has 3 unspecified atom stereocenters. The lowest BCUT2D eigenvalue weighted by Gasteiger charge is -2.39. The van der Waals surface area contributed by atoms with Crippen LogP contribution in [0.25, 0.3) is 0 Å². The van der Waals surface area contributed by atoms with Crippen LogP contribution in [0.5, 0.6) is 0 Å². The number of aliphatic hydroxyl groups excluding tert-OH is 1. The molecule has 0 aliphatic carbocycles. The number of carbonyl (C=O) groups excluding carboxylic acids is 3. The normalized spacial score (nSPS) is 29.8. The van der Waals surface area contributed by atoms with Crippen molar-refractivity contribution in [3.05, 3.63) is 25.3 Å². The number of likely N-dealkylation sites (tertiary alicyclic amines) is 1. The average molecular weight is 547 g/mol. The van der Waals surface area contributed by atoms with Gasteiger partial charge >= 0.3 is 5.97 Å². The maximum absolute atomic E-state index is 14.4. The maximum atomic E-state index is 14.4. The minimum Gasteiger partial charge on any atom is -0.465 e. The number of allylic oxidation sites excluding steroid dienone is 1. The Bertz CT molecular complexity index is 892. The summed E-state index contributed by atoms with van der Waals surface area (Å²) >= 11 is 0. The zero-order valence-corrected chi connectivity index (χ0v) is 24.4. The lowest BCUT2D eigenvalue weighted by Crippen LogP contribution is -2.58. The van der Waals surface area contributed by atoms with E-state index >= 15 is 0 Å². The maximum Gasteiger partial charge on any atom is 0.312 e. The van der Waals surface area contributed by atoms with E-state index in [0.717, 1.165) is 38.5 Å². The third-order valence-electron chi connectivity index (χ3n) is 9.12. The summed E-state index contributed by atoms with van der Waals surface area (Å²) in [4.78, 5) is 45.7. The number of nitrogens with zero attached hydrogens (tertiary/aromatic N) is 2. The van der Waals surface area contributed by atoms with Crippen LogP contribution in [0.4, 0.5) is 0 Å². The molecule has 3 fully saturated rings. The first-order chi connectivity index (χ1) is 18.8. The SMILES string of the molecule is C=CCCCCOC(=O)[C@@H]1[C@H]2C(=O)N(CCCCCO)C(C(=O)N(CC=C)C(C)CCC)C23CC[C@@]1(CC)O3. The zero-order chi connectivity index (χ0) is 28.6. The van der Waals surface area contributed by atoms with E-state index in [1.165, 1.54) is 0 Å². The van der Waals surface area contributed by atoms with Gasteiger partial charge in [0.1, 0.15) is 17.6 Å². The molecule has 0 saturated carbocycles. The quantitative estimate of drug-likeness (QED) is 0.155. The molecule has 39 heavy (non-hydrogen) atoms. The van der Waals surface area contributed by atoms with Crippen LogP contribution in [-0.4, -0.2) is 82.3 Å². The van der Waals surface area contributed by atoms with Crippen molar-refractivity contribution in [3.63, 3.8) is 0 Å². The van der Waals surface area contributed by atoms with Crippen LogP contribution < -0.4 is 0 Å². The Balaban J connectivity index is 1.97. The summed E-state index contributed by atoms with van der Waals surface area (Å²) in [5.74, 6) is -2.14. The van der Waals surface area contributed by atoms with Gasteiger partial charge in [-0.15, -0.1) is 13.2 Å². The molecule has 0 radical (unpaired) electrons. The van der Waals surface area contributed by atoms with E-state index in [1.807, 2.05) is 24.8 Å². The molecule has 3 aliphatic rings. The van der Waals surface area contributed by atoms with Crippen molar-refractivity contribution in [2.24, 2.45) is 11.8 Å². The van der Waals surface area contributed by atoms with Crippen molar-refractivity contribution < 1.29 is 29.0 Å². The molecule has 8 heteroatoms. The Morgan fingerprint density at radius 2 is 1.95 bits per heavy atom. The van der Waals surface area contributed by atoms with Gasteiger partial charge in [-0.05, 0) is 71.1 Å². The first kappa shape index (κ1) is 31.3. The van der Waals surface area contributed by atoms with Crippen LogP contribution in [0.2, 0.25) is 0 Å². The number of esters is 1. The summed E-state index contributed by atoms with van der Waals surface area (Å²) in [7, 11) is 0. The van der Waals surface area contributed by atoms with E-state index in [2.05, 4.69) is 20.1 Å². The van der Waals surface area contributed by atoms with Gasteiger partial charge in [0.2, 0.25) is 11.8 Å². The van der Waals surface area contributed by atoms with Gasteiger partial charge in [0, 0.05) is 25.7 Å². The summed E-state index contributed by atoms with van der Waals surface area (Å²) in [6.45, 7) is 14.9. The molecule has 1 N–H and O–H groups in total. The Labute approximate surface area is 234 Å². The highest BCUT2D eigenvalue weighted by Crippen LogP contribution is 2.64. The molecule has 8 nitrogen and oxygen atoms in total. The van der Waals surface area contributed by atoms with Crippen LogP contribution >= 0.6 is 0 Å². The molecule has 2 bridgehead atoms. The van der Waals surface area contributed by atoms with Crippen molar-refractivity contribution in [2.45, 2.75) is 115 Å². The van der Waals surface area contributed by atoms with E-state index in [1.54, 1.807) is 11.0 Å². The standard InChI is InChI=1S/C31H50N2O6/c1-6-10-11-15-22-38-29(37)25-24-27(35)33(20-13-12-14-21-34)26(31(24)18-17-30(25,9-4)39-31)28(36)32(19-8-3)23(5)16-7-2/h6,8,23-26,34H,1,3,7,9-22H2,2,4-5H3/t23?,24-,25-,26?,30+,31?/m0/s1. The summed E-state index contributed by atoms with van der Waals surface area (Å²) < 4.78 is 12.6. The van der Waals surface area contributed by atoms with Gasteiger partial charge in [0.15, 0.2) is 0 Å². The molecule has 2 amide bonds. The third-order valence-corrected chi connectivity index (χ3v) is 9.12. The first-order valence-corrected chi connectivity index (χ1v) is 15.1. The predicted octanol–water partition coefficient (Wildman–Crippen LogP) is 4.41. The fourth-order valence-corrected chi connectivity index (χ4v) is 7.18. The number of unbranched alkanes of at least 4 members (excludes halogenated alkanes) is 4. The Morgan fingerprint density at radius 1 is 1.18 bits per heavy atom. The molecule has 1 spiro atoms. The largest absolute Gasteiger partial charge is 0.465 e. The molecular weight excluding hydrogens is 496 g/mol. The van der Waals surface area contributed by atoms with Crippen LogP contribution in [0.1, 0.15) is 91.4 Å². The first-order valence-electron chi connectivity index (χ1n) is 15.1. The van der Waals surface area contributed by atoms with Gasteiger partial charge in [-0.2, -0.15) is 0 Å². The topological polar surface area (TPSA) is 96.4 Å². The van der Waals surface area contributed by atoms with Crippen molar-refractivity contribution in [1.29, 1.82) is 0 Å². The van der Waals surface area contributed by atoms with Gasteiger partial charge in [-0.1, -0.05) is 32.4 Å². The number of carbonyl (C=O) groups is 3. The van der Waals surface area contributed by atoms with Crippen LogP contribution in [0.3, 0.4) is 0 Å². The monoisotopic (exact) mass is 546 g/mol. The second-order valence-corrected chi connectivity index (χ2v) is 11.5. The van der Waals surface area contributed by atoms with E-state index in [0.29, 0.717) is 51.8 Å². The molecule has 0 aromatic carbocycles. The zero-order valence-electron chi connectivity index (χ0n) is 24.4. The Kier molecular flexibility index (Phi) is 11.2. The van der Waals surface area contributed by atoms with Gasteiger partial charge in [-0.3, -0.25) is 14.4 Å². The van der Waals surface area contributed by atoms with Gasteiger partial charge in [-0.25, -0.2) is 0 Å². The minimum atomic E-state index is -1.04. The summed E-state index contributed by atoms with van der Waals surface area (Å²) in [6.07, 6.45) is 11.7. The highest BCUT2D eigenvalue weighted by Gasteiger charge is 2.79. The van der Waals surface area contributed by atoms with Gasteiger partial charge in [0.25, 0.3) is 0 Å². The van der Waals surface area contributed by atoms with Crippen molar-refractivity contribution in [1.82, 2.24) is 9.80 Å². The number of hydrogen-bond acceptors (Lipinski definition) is 6. The highest BCUT2D eigenvalue weighted by molar-refractivity contribution is 5.98. The van der Waals surface area contributed by atoms with Crippen molar-refractivity contribution in [2.75, 3.05) is 26.3 Å². The summed E-state index contributed by atoms with van der Waals surface area (Å²) in [6, 6.07) is -0.806. The number of hydrogen-bond donors (Lipinski definition) is 1. The van der Waals surface area contributed by atoms with Crippen molar-refractivity contribution in [3.8, 4) is 0 Å². The Hall–Kier alpha value is -2.19. The molecule has 0 aromatic heterocycles.